The quantitative estimate of drug-likeness (QED) is 0.772. The van der Waals surface area contributed by atoms with Crippen molar-refractivity contribution in [2.24, 2.45) is 0 Å². The lowest BCUT2D eigenvalue weighted by Crippen LogP contribution is -2.24. The standard InChI is InChI=1S/C14H12N4OS/c15-11-5-13(18-12-4-2-1-3-10(11)12)14(19)16-6-9-7-20-8-17-9/h1-5,7-8H,6H2,(H2,15,18)(H,16,19). The molecule has 0 unspecified atom stereocenters. The van der Waals surface area contributed by atoms with Crippen LogP contribution in [0, 0.1) is 0 Å². The van der Waals surface area contributed by atoms with E-state index in [0.717, 1.165) is 11.1 Å². The van der Waals surface area contributed by atoms with E-state index in [-0.39, 0.29) is 5.91 Å². The number of para-hydroxylation sites is 1. The maximum Gasteiger partial charge on any atom is 0.270 e. The van der Waals surface area contributed by atoms with Crippen molar-refractivity contribution in [1.82, 2.24) is 15.3 Å². The minimum atomic E-state index is -0.254. The number of hydrogen-bond donors (Lipinski definition) is 2. The lowest BCUT2D eigenvalue weighted by molar-refractivity contribution is 0.0946. The number of amides is 1. The van der Waals surface area contributed by atoms with Crippen LogP contribution in [0.3, 0.4) is 0 Å². The predicted molar refractivity (Wildman–Crippen MR) is 79.4 cm³/mol. The molecule has 5 nitrogen and oxygen atoms in total. The third-order valence-electron chi connectivity index (χ3n) is 2.89. The Kier molecular flexibility index (Phi) is 3.30. The highest BCUT2D eigenvalue weighted by molar-refractivity contribution is 7.07. The summed E-state index contributed by atoms with van der Waals surface area (Å²) in [5.41, 5.74) is 10.1. The second kappa shape index (κ2) is 5.26. The number of pyridine rings is 1. The Morgan fingerprint density at radius 3 is 3.00 bits per heavy atom. The number of nitrogens with one attached hydrogen (secondary N) is 1. The number of carbonyl (C=O) groups is 1. The van der Waals surface area contributed by atoms with Gasteiger partial charge in [0.25, 0.3) is 5.91 Å². The second-order valence-electron chi connectivity index (χ2n) is 4.28. The van der Waals surface area contributed by atoms with Crippen LogP contribution in [-0.4, -0.2) is 15.9 Å². The van der Waals surface area contributed by atoms with Crippen LogP contribution in [0.4, 0.5) is 5.69 Å². The monoisotopic (exact) mass is 284 g/mol. The highest BCUT2D eigenvalue weighted by Gasteiger charge is 2.10. The number of carbonyl (C=O) groups excluding carboxylic acids is 1. The van der Waals surface area contributed by atoms with Gasteiger partial charge in [0.05, 0.1) is 23.3 Å². The fourth-order valence-electron chi connectivity index (χ4n) is 1.90. The van der Waals surface area contributed by atoms with Crippen molar-refractivity contribution < 1.29 is 4.79 Å². The summed E-state index contributed by atoms with van der Waals surface area (Å²) in [4.78, 5) is 20.5. The van der Waals surface area contributed by atoms with Crippen molar-refractivity contribution in [1.29, 1.82) is 0 Å². The lowest BCUT2D eigenvalue weighted by atomic mass is 10.1. The van der Waals surface area contributed by atoms with E-state index in [0.29, 0.717) is 23.4 Å². The molecule has 3 rings (SSSR count). The summed E-state index contributed by atoms with van der Waals surface area (Å²) < 4.78 is 0. The Morgan fingerprint density at radius 2 is 2.20 bits per heavy atom. The number of anilines is 1. The Hall–Kier alpha value is -2.47. The molecular weight excluding hydrogens is 272 g/mol. The first-order valence-corrected chi connectivity index (χ1v) is 6.99. The molecule has 0 saturated heterocycles. The van der Waals surface area contributed by atoms with Crippen molar-refractivity contribution in [3.05, 3.63) is 52.6 Å². The number of nitrogen functional groups attached to an aromatic ring is 1. The van der Waals surface area contributed by atoms with Gasteiger partial charge in [-0.2, -0.15) is 0 Å². The molecule has 0 radical (unpaired) electrons. The molecule has 2 aromatic heterocycles. The summed E-state index contributed by atoms with van der Waals surface area (Å²) in [5, 5.41) is 5.52. The van der Waals surface area contributed by atoms with Crippen LogP contribution in [0.25, 0.3) is 10.9 Å². The van der Waals surface area contributed by atoms with Gasteiger partial charge in [-0.1, -0.05) is 18.2 Å². The Morgan fingerprint density at radius 1 is 1.35 bits per heavy atom. The van der Waals surface area contributed by atoms with Gasteiger partial charge in [0.2, 0.25) is 0 Å². The van der Waals surface area contributed by atoms with Crippen molar-refractivity contribution in [2.75, 3.05) is 5.73 Å². The van der Waals surface area contributed by atoms with Crippen LogP contribution in [0.2, 0.25) is 0 Å². The average Bonchev–Trinajstić information content (AvgIpc) is 2.98. The highest BCUT2D eigenvalue weighted by Crippen LogP contribution is 2.19. The van der Waals surface area contributed by atoms with E-state index in [2.05, 4.69) is 15.3 Å². The first-order chi connectivity index (χ1) is 9.74. The van der Waals surface area contributed by atoms with Gasteiger partial charge in [-0.15, -0.1) is 11.3 Å². The number of fused-ring (bicyclic) bond motifs is 1. The van der Waals surface area contributed by atoms with Crippen molar-refractivity contribution in [3.8, 4) is 0 Å². The SMILES string of the molecule is Nc1cc(C(=O)NCc2cscn2)nc2ccccc12. The zero-order chi connectivity index (χ0) is 13.9. The first-order valence-electron chi connectivity index (χ1n) is 6.04. The number of thiazole rings is 1. The van der Waals surface area contributed by atoms with Gasteiger partial charge >= 0.3 is 0 Å². The van der Waals surface area contributed by atoms with Crippen molar-refractivity contribution in [2.45, 2.75) is 6.54 Å². The minimum Gasteiger partial charge on any atom is -0.398 e. The molecule has 0 aliphatic heterocycles. The largest absolute Gasteiger partial charge is 0.398 e. The van der Waals surface area contributed by atoms with E-state index in [1.807, 2.05) is 29.6 Å². The molecule has 3 aromatic rings. The molecule has 0 aliphatic carbocycles. The van der Waals surface area contributed by atoms with Crippen LogP contribution in [-0.2, 0) is 6.54 Å². The Labute approximate surface area is 119 Å². The Balaban J connectivity index is 1.84. The Bertz CT molecular complexity index is 755. The molecule has 100 valence electrons. The van der Waals surface area contributed by atoms with E-state index < -0.39 is 0 Å². The third-order valence-corrected chi connectivity index (χ3v) is 3.53. The average molecular weight is 284 g/mol. The van der Waals surface area contributed by atoms with Crippen molar-refractivity contribution >= 4 is 33.8 Å². The number of rotatable bonds is 3. The van der Waals surface area contributed by atoms with Gasteiger partial charge < -0.3 is 11.1 Å². The van der Waals surface area contributed by atoms with E-state index in [1.165, 1.54) is 11.3 Å². The fourth-order valence-corrected chi connectivity index (χ4v) is 2.46. The van der Waals surface area contributed by atoms with Crippen LogP contribution in [0.15, 0.2) is 41.2 Å². The summed E-state index contributed by atoms with van der Waals surface area (Å²) in [7, 11) is 0. The van der Waals surface area contributed by atoms with E-state index in [1.54, 1.807) is 11.6 Å². The molecule has 2 heterocycles. The number of benzene rings is 1. The molecule has 20 heavy (non-hydrogen) atoms. The maximum absolute atomic E-state index is 12.1. The second-order valence-corrected chi connectivity index (χ2v) is 5.00. The first kappa shape index (κ1) is 12.6. The van der Waals surface area contributed by atoms with Crippen LogP contribution >= 0.6 is 11.3 Å². The molecule has 1 aromatic carbocycles. The smallest absolute Gasteiger partial charge is 0.270 e. The summed E-state index contributed by atoms with van der Waals surface area (Å²) in [5.74, 6) is -0.254. The molecule has 0 aliphatic rings. The zero-order valence-corrected chi connectivity index (χ0v) is 11.4. The van der Waals surface area contributed by atoms with Gasteiger partial charge in [-0.25, -0.2) is 9.97 Å². The van der Waals surface area contributed by atoms with E-state index in [4.69, 9.17) is 5.73 Å². The summed E-state index contributed by atoms with van der Waals surface area (Å²) in [6.07, 6.45) is 0. The molecule has 1 amide bonds. The van der Waals surface area contributed by atoms with Gasteiger partial charge in [0, 0.05) is 16.5 Å². The molecule has 0 atom stereocenters. The van der Waals surface area contributed by atoms with Crippen molar-refractivity contribution in [3.63, 3.8) is 0 Å². The topological polar surface area (TPSA) is 80.9 Å². The number of nitrogens with two attached hydrogens (primary N) is 1. The van der Waals surface area contributed by atoms with Crippen LogP contribution < -0.4 is 11.1 Å². The molecule has 0 saturated carbocycles. The van der Waals surface area contributed by atoms with Crippen LogP contribution in [0.5, 0.6) is 0 Å². The molecule has 0 bridgehead atoms. The van der Waals surface area contributed by atoms with E-state index in [9.17, 15) is 4.79 Å². The predicted octanol–water partition coefficient (Wildman–Crippen LogP) is 2.20. The maximum atomic E-state index is 12.1. The normalized spacial score (nSPS) is 10.6. The lowest BCUT2D eigenvalue weighted by Gasteiger charge is -2.06. The van der Waals surface area contributed by atoms with Gasteiger partial charge in [0.15, 0.2) is 0 Å². The van der Waals surface area contributed by atoms with Gasteiger partial charge in [-0.3, -0.25) is 4.79 Å². The van der Waals surface area contributed by atoms with E-state index >= 15 is 0 Å². The molecular formula is C14H12N4OS. The summed E-state index contributed by atoms with van der Waals surface area (Å²) in [6, 6.07) is 9.07. The molecule has 0 spiro atoms. The van der Waals surface area contributed by atoms with Gasteiger partial charge in [-0.05, 0) is 12.1 Å². The number of hydrogen-bond acceptors (Lipinski definition) is 5. The van der Waals surface area contributed by atoms with Gasteiger partial charge in [0.1, 0.15) is 5.69 Å². The van der Waals surface area contributed by atoms with Crippen LogP contribution in [0.1, 0.15) is 16.2 Å². The minimum absolute atomic E-state index is 0.254. The highest BCUT2D eigenvalue weighted by atomic mass is 32.1. The molecule has 0 fully saturated rings. The molecule has 3 N–H and O–H groups in total. The third kappa shape index (κ3) is 2.46. The molecule has 6 heteroatoms. The summed E-state index contributed by atoms with van der Waals surface area (Å²) in [6.45, 7) is 0.386. The zero-order valence-electron chi connectivity index (χ0n) is 10.5. The summed E-state index contributed by atoms with van der Waals surface area (Å²) >= 11 is 1.49. The fraction of sp³-hybridized carbons (Fsp3) is 0.0714. The number of aromatic nitrogens is 2. The number of nitrogens with zero attached hydrogens (tertiary/aromatic N) is 2.